The summed E-state index contributed by atoms with van der Waals surface area (Å²) in [6, 6.07) is 10.5. The number of fused-ring (bicyclic) bond motifs is 1. The molecular weight excluding hydrogens is 574 g/mol. The number of benzene rings is 2. The van der Waals surface area contributed by atoms with Gasteiger partial charge < -0.3 is 21.3 Å². The Balaban J connectivity index is 1.38. The van der Waals surface area contributed by atoms with Gasteiger partial charge in [0, 0.05) is 37.1 Å². The minimum Gasteiger partial charge on any atom is -0.369 e. The number of amides is 4. The zero-order valence-corrected chi connectivity index (χ0v) is 24.6. The van der Waals surface area contributed by atoms with Gasteiger partial charge in [0.25, 0.3) is 5.56 Å². The van der Waals surface area contributed by atoms with Crippen molar-refractivity contribution in [2.75, 3.05) is 23.7 Å². The Morgan fingerprint density at radius 2 is 1.72 bits per heavy atom. The van der Waals surface area contributed by atoms with E-state index in [9.17, 15) is 24.0 Å². The molecule has 5 rings (SSSR count). The van der Waals surface area contributed by atoms with Crippen LogP contribution in [-0.4, -0.2) is 45.0 Å². The van der Waals surface area contributed by atoms with Crippen LogP contribution in [0.4, 0.5) is 16.2 Å². The van der Waals surface area contributed by atoms with Crippen molar-refractivity contribution in [2.24, 2.45) is 23.5 Å². The van der Waals surface area contributed by atoms with Crippen LogP contribution in [0.2, 0.25) is 5.02 Å². The highest BCUT2D eigenvalue weighted by atomic mass is 35.5. The van der Waals surface area contributed by atoms with Crippen LogP contribution in [0, 0.1) is 29.1 Å². The number of hydrogen-bond acceptors (Lipinski definition) is 6. The topological polar surface area (TPSA) is 172 Å². The number of nitriles is 1. The van der Waals surface area contributed by atoms with Crippen molar-refractivity contribution in [1.82, 2.24) is 14.0 Å². The SMILES string of the molecule is CC(C)n1c(=O)n(CC2CC2)c(=O)c2cc(NC(=O)N3CC(C(N)=O)CC(C(=O)Nc4ccc(C#N)c(Cl)c4)C3)ccc21. The summed E-state index contributed by atoms with van der Waals surface area (Å²) in [7, 11) is 0. The lowest BCUT2D eigenvalue weighted by Gasteiger charge is -2.35. The Bertz CT molecular complexity index is 1790. The second kappa shape index (κ2) is 11.9. The average Bonchev–Trinajstić information content (AvgIpc) is 3.79. The second-order valence-electron chi connectivity index (χ2n) is 11.5. The van der Waals surface area contributed by atoms with Crippen LogP contribution in [0.5, 0.6) is 0 Å². The molecule has 2 unspecified atom stereocenters. The van der Waals surface area contributed by atoms with Gasteiger partial charge in [0.15, 0.2) is 0 Å². The molecule has 2 heterocycles. The van der Waals surface area contributed by atoms with E-state index < -0.39 is 35.2 Å². The summed E-state index contributed by atoms with van der Waals surface area (Å²) >= 11 is 6.08. The van der Waals surface area contributed by atoms with Crippen molar-refractivity contribution >= 4 is 51.7 Å². The second-order valence-corrected chi connectivity index (χ2v) is 11.9. The molecule has 2 atom stereocenters. The molecule has 2 aromatic carbocycles. The molecule has 12 nitrogen and oxygen atoms in total. The van der Waals surface area contributed by atoms with E-state index >= 15 is 0 Å². The molecule has 1 aliphatic heterocycles. The van der Waals surface area contributed by atoms with Crippen LogP contribution < -0.4 is 27.6 Å². The van der Waals surface area contributed by atoms with E-state index in [2.05, 4.69) is 10.6 Å². The van der Waals surface area contributed by atoms with Crippen molar-refractivity contribution in [3.8, 4) is 6.07 Å². The number of piperidine rings is 1. The molecule has 2 aliphatic rings. The number of nitrogens with two attached hydrogens (primary N) is 1. The molecule has 0 spiro atoms. The van der Waals surface area contributed by atoms with E-state index in [1.165, 1.54) is 21.6 Å². The zero-order valence-electron chi connectivity index (χ0n) is 23.8. The zero-order chi connectivity index (χ0) is 31.0. The first kappa shape index (κ1) is 29.8. The largest absolute Gasteiger partial charge is 0.369 e. The van der Waals surface area contributed by atoms with Gasteiger partial charge >= 0.3 is 11.7 Å². The average molecular weight is 606 g/mol. The molecule has 4 amide bonds. The summed E-state index contributed by atoms with van der Waals surface area (Å²) in [5, 5.41) is 15.1. The maximum atomic E-state index is 13.4. The summed E-state index contributed by atoms with van der Waals surface area (Å²) in [6.07, 6.45) is 2.10. The van der Waals surface area contributed by atoms with Gasteiger partial charge in [-0.1, -0.05) is 11.6 Å². The van der Waals surface area contributed by atoms with Crippen LogP contribution >= 0.6 is 11.6 Å². The Labute approximate surface area is 252 Å². The first-order valence-corrected chi connectivity index (χ1v) is 14.5. The minimum absolute atomic E-state index is 0.0140. The van der Waals surface area contributed by atoms with Crippen molar-refractivity contribution in [2.45, 2.75) is 45.7 Å². The number of urea groups is 1. The van der Waals surface area contributed by atoms with E-state index in [4.69, 9.17) is 22.6 Å². The predicted octanol–water partition coefficient (Wildman–Crippen LogP) is 3.27. The summed E-state index contributed by atoms with van der Waals surface area (Å²) in [5.74, 6) is -2.27. The normalized spacial score (nSPS) is 18.3. The van der Waals surface area contributed by atoms with Gasteiger partial charge in [0.05, 0.1) is 33.3 Å². The highest BCUT2D eigenvalue weighted by molar-refractivity contribution is 6.32. The Morgan fingerprint density at radius 3 is 2.35 bits per heavy atom. The number of rotatable bonds is 7. The summed E-state index contributed by atoms with van der Waals surface area (Å²) in [5.41, 5.74) is 6.26. The smallest absolute Gasteiger partial charge is 0.331 e. The standard InChI is InChI=1S/C30H32ClN7O5/c1-16(2)38-25-8-7-21(10-23(25)28(41)37(30(38)43)13-17-3-4-17)35-29(42)36-14-19(26(33)39)9-20(15-36)27(40)34-22-6-5-18(12-32)24(31)11-22/h5-8,10-11,16-17,19-20H,3-4,9,13-15H2,1-2H3,(H2,33,39)(H,34,40)(H,35,42). The lowest BCUT2D eigenvalue weighted by atomic mass is 9.88. The monoisotopic (exact) mass is 605 g/mol. The summed E-state index contributed by atoms with van der Waals surface area (Å²) in [4.78, 5) is 66.6. The number of halogens is 1. The van der Waals surface area contributed by atoms with Gasteiger partial charge in [0.1, 0.15) is 6.07 Å². The summed E-state index contributed by atoms with van der Waals surface area (Å²) in [6.45, 7) is 4.13. The molecule has 13 heteroatoms. The molecule has 1 aliphatic carbocycles. The fourth-order valence-electron chi connectivity index (χ4n) is 5.47. The van der Waals surface area contributed by atoms with Gasteiger partial charge in [0.2, 0.25) is 11.8 Å². The maximum absolute atomic E-state index is 13.4. The fourth-order valence-corrected chi connectivity index (χ4v) is 5.69. The molecule has 0 radical (unpaired) electrons. The Hall–Kier alpha value is -4.63. The first-order chi connectivity index (χ1) is 20.5. The third kappa shape index (κ3) is 6.27. The number of hydrogen-bond donors (Lipinski definition) is 3. The van der Waals surface area contributed by atoms with Gasteiger partial charge in [-0.05, 0) is 75.4 Å². The van der Waals surface area contributed by atoms with Crippen LogP contribution in [0.1, 0.15) is 44.7 Å². The number of nitrogens with zero attached hydrogens (tertiary/aromatic N) is 4. The Kier molecular flexibility index (Phi) is 8.28. The number of carbonyl (C=O) groups is 3. The van der Waals surface area contributed by atoms with E-state index in [1.54, 1.807) is 28.8 Å². The Morgan fingerprint density at radius 1 is 1.05 bits per heavy atom. The van der Waals surface area contributed by atoms with E-state index in [0.717, 1.165) is 12.8 Å². The van der Waals surface area contributed by atoms with Crippen molar-refractivity contribution < 1.29 is 14.4 Å². The van der Waals surface area contributed by atoms with E-state index in [0.29, 0.717) is 34.7 Å². The lowest BCUT2D eigenvalue weighted by Crippen LogP contribution is -2.51. The predicted molar refractivity (Wildman–Crippen MR) is 162 cm³/mol. The van der Waals surface area contributed by atoms with Crippen molar-refractivity contribution in [3.05, 3.63) is 67.8 Å². The van der Waals surface area contributed by atoms with E-state index in [1.807, 2.05) is 19.9 Å². The molecule has 4 N–H and O–H groups in total. The number of primary amides is 1. The molecule has 1 saturated carbocycles. The number of carbonyl (C=O) groups excluding carboxylic acids is 3. The third-order valence-electron chi connectivity index (χ3n) is 7.94. The third-order valence-corrected chi connectivity index (χ3v) is 8.25. The number of nitrogens with one attached hydrogen (secondary N) is 2. The van der Waals surface area contributed by atoms with Gasteiger partial charge in [-0.3, -0.25) is 23.5 Å². The van der Waals surface area contributed by atoms with Crippen LogP contribution in [0.25, 0.3) is 10.9 Å². The lowest BCUT2D eigenvalue weighted by molar-refractivity contribution is -0.126. The molecular formula is C30H32ClN7O5. The highest BCUT2D eigenvalue weighted by Crippen LogP contribution is 2.30. The number of likely N-dealkylation sites (tertiary alicyclic amines) is 1. The van der Waals surface area contributed by atoms with Crippen molar-refractivity contribution in [3.63, 3.8) is 0 Å². The van der Waals surface area contributed by atoms with Crippen molar-refractivity contribution in [1.29, 1.82) is 5.26 Å². The number of anilines is 2. The number of aromatic nitrogens is 2. The van der Waals surface area contributed by atoms with Gasteiger partial charge in [-0.2, -0.15) is 5.26 Å². The first-order valence-electron chi connectivity index (χ1n) is 14.1. The van der Waals surface area contributed by atoms with Crippen LogP contribution in [-0.2, 0) is 16.1 Å². The van der Waals surface area contributed by atoms with Gasteiger partial charge in [-0.15, -0.1) is 0 Å². The van der Waals surface area contributed by atoms with Gasteiger partial charge in [-0.25, -0.2) is 9.59 Å². The molecule has 0 bridgehead atoms. The molecule has 3 aromatic rings. The van der Waals surface area contributed by atoms with Crippen LogP contribution in [0.15, 0.2) is 46.0 Å². The van der Waals surface area contributed by atoms with E-state index in [-0.39, 0.29) is 41.8 Å². The molecule has 1 aromatic heterocycles. The fraction of sp³-hybridized carbons (Fsp3) is 0.400. The molecule has 43 heavy (non-hydrogen) atoms. The van der Waals surface area contributed by atoms with Crippen LogP contribution in [0.3, 0.4) is 0 Å². The highest BCUT2D eigenvalue weighted by Gasteiger charge is 2.36. The minimum atomic E-state index is -0.758. The maximum Gasteiger partial charge on any atom is 0.331 e. The molecule has 2 fully saturated rings. The summed E-state index contributed by atoms with van der Waals surface area (Å²) < 4.78 is 2.86. The molecule has 224 valence electrons. The molecule has 1 saturated heterocycles. The quantitative estimate of drug-likeness (QED) is 0.373.